The van der Waals surface area contributed by atoms with Crippen molar-refractivity contribution in [3.8, 4) is 10.6 Å². The lowest BCUT2D eigenvalue weighted by Crippen LogP contribution is -2.32. The molecule has 3 rings (SSSR count). The van der Waals surface area contributed by atoms with Crippen LogP contribution in [0.5, 0.6) is 0 Å². The first-order chi connectivity index (χ1) is 9.74. The topological polar surface area (TPSA) is 54.9 Å². The van der Waals surface area contributed by atoms with Crippen LogP contribution in [0.1, 0.15) is 41.0 Å². The van der Waals surface area contributed by atoms with Crippen molar-refractivity contribution >= 4 is 17.2 Å². The second-order valence-corrected chi connectivity index (χ2v) is 6.13. The van der Waals surface area contributed by atoms with Crippen LogP contribution in [0.25, 0.3) is 10.6 Å². The fraction of sp³-hybridized carbons (Fsp3) is 0.400. The predicted molar refractivity (Wildman–Crippen MR) is 79.8 cm³/mol. The van der Waals surface area contributed by atoms with Gasteiger partial charge in [0.25, 0.3) is 5.91 Å². The first kappa shape index (κ1) is 13.2. The monoisotopic (exact) mass is 287 g/mol. The highest BCUT2D eigenvalue weighted by Gasteiger charge is 2.21. The van der Waals surface area contributed by atoms with Gasteiger partial charge in [-0.25, -0.2) is 4.98 Å². The average molecular weight is 287 g/mol. The Balaban J connectivity index is 1.80. The number of aromatic nitrogens is 2. The molecule has 20 heavy (non-hydrogen) atoms. The Morgan fingerprint density at radius 3 is 2.90 bits per heavy atom. The molecule has 0 spiro atoms. The maximum absolute atomic E-state index is 12.3. The van der Waals surface area contributed by atoms with Gasteiger partial charge in [-0.2, -0.15) is 0 Å². The number of thiazole rings is 1. The molecule has 104 valence electrons. The largest absolute Gasteiger partial charge is 0.349 e. The zero-order valence-corrected chi connectivity index (χ0v) is 12.2. The Labute approximate surface area is 122 Å². The minimum Gasteiger partial charge on any atom is -0.349 e. The molecule has 0 aromatic carbocycles. The molecule has 1 N–H and O–H groups in total. The van der Waals surface area contributed by atoms with E-state index < -0.39 is 0 Å². The molecule has 2 aromatic rings. The molecule has 1 amide bonds. The van der Waals surface area contributed by atoms with E-state index in [0.29, 0.717) is 6.04 Å². The zero-order chi connectivity index (χ0) is 13.9. The van der Waals surface area contributed by atoms with Gasteiger partial charge in [0, 0.05) is 24.0 Å². The Hall–Kier alpha value is -1.75. The molecule has 0 saturated heterocycles. The third-order valence-electron chi connectivity index (χ3n) is 3.60. The zero-order valence-electron chi connectivity index (χ0n) is 11.4. The fourth-order valence-electron chi connectivity index (χ4n) is 2.54. The summed E-state index contributed by atoms with van der Waals surface area (Å²) >= 11 is 1.44. The smallest absolute Gasteiger partial charge is 0.263 e. The Bertz CT molecular complexity index is 603. The van der Waals surface area contributed by atoms with Crippen LogP contribution < -0.4 is 5.32 Å². The molecule has 2 heterocycles. The molecule has 0 radical (unpaired) electrons. The van der Waals surface area contributed by atoms with Gasteiger partial charge in [-0.05, 0) is 31.9 Å². The molecule has 1 fully saturated rings. The van der Waals surface area contributed by atoms with Crippen molar-refractivity contribution in [2.75, 3.05) is 0 Å². The van der Waals surface area contributed by atoms with Crippen LogP contribution in [0.3, 0.4) is 0 Å². The molecule has 4 nitrogen and oxygen atoms in total. The number of nitrogens with zero attached hydrogens (tertiary/aromatic N) is 2. The number of rotatable bonds is 3. The average Bonchev–Trinajstić information content (AvgIpc) is 3.09. The number of pyridine rings is 1. The van der Waals surface area contributed by atoms with E-state index >= 15 is 0 Å². The molecule has 0 aliphatic heterocycles. The van der Waals surface area contributed by atoms with E-state index in [9.17, 15) is 4.79 Å². The van der Waals surface area contributed by atoms with E-state index in [-0.39, 0.29) is 5.91 Å². The lowest BCUT2D eigenvalue weighted by Gasteiger charge is -2.10. The molecular formula is C15H17N3OS. The van der Waals surface area contributed by atoms with E-state index in [4.69, 9.17) is 0 Å². The van der Waals surface area contributed by atoms with Gasteiger partial charge in [0.05, 0.1) is 5.69 Å². The molecule has 1 saturated carbocycles. The summed E-state index contributed by atoms with van der Waals surface area (Å²) in [7, 11) is 0. The van der Waals surface area contributed by atoms with Crippen molar-refractivity contribution in [1.29, 1.82) is 0 Å². The van der Waals surface area contributed by atoms with Crippen molar-refractivity contribution in [1.82, 2.24) is 15.3 Å². The van der Waals surface area contributed by atoms with Gasteiger partial charge in [0.2, 0.25) is 0 Å². The Kier molecular flexibility index (Phi) is 3.78. The first-order valence-corrected chi connectivity index (χ1v) is 7.74. The summed E-state index contributed by atoms with van der Waals surface area (Å²) in [5, 5.41) is 3.97. The van der Waals surface area contributed by atoms with E-state index in [1.54, 1.807) is 12.4 Å². The molecular weight excluding hydrogens is 270 g/mol. The van der Waals surface area contributed by atoms with Gasteiger partial charge >= 0.3 is 0 Å². The quantitative estimate of drug-likeness (QED) is 0.943. The van der Waals surface area contributed by atoms with Gasteiger partial charge in [0.15, 0.2) is 0 Å². The minimum absolute atomic E-state index is 0.0158. The van der Waals surface area contributed by atoms with E-state index in [2.05, 4.69) is 15.3 Å². The number of hydrogen-bond donors (Lipinski definition) is 1. The van der Waals surface area contributed by atoms with E-state index in [1.165, 1.54) is 24.2 Å². The third kappa shape index (κ3) is 2.72. The van der Waals surface area contributed by atoms with Crippen molar-refractivity contribution in [2.24, 2.45) is 0 Å². The van der Waals surface area contributed by atoms with Crippen LogP contribution >= 0.6 is 11.3 Å². The summed E-state index contributed by atoms with van der Waals surface area (Å²) in [4.78, 5) is 21.6. The second kappa shape index (κ2) is 5.71. The van der Waals surface area contributed by atoms with Crippen molar-refractivity contribution in [3.63, 3.8) is 0 Å². The molecule has 5 heteroatoms. The van der Waals surface area contributed by atoms with Crippen LogP contribution in [-0.2, 0) is 0 Å². The number of carbonyl (C=O) groups is 1. The fourth-order valence-corrected chi connectivity index (χ4v) is 3.50. The van der Waals surface area contributed by atoms with Crippen molar-refractivity contribution < 1.29 is 4.79 Å². The number of carbonyl (C=O) groups excluding carboxylic acids is 1. The summed E-state index contributed by atoms with van der Waals surface area (Å²) in [6.07, 6.45) is 8.13. The summed E-state index contributed by atoms with van der Waals surface area (Å²) < 4.78 is 0. The summed E-state index contributed by atoms with van der Waals surface area (Å²) in [5.74, 6) is 0.0158. The standard InChI is InChI=1S/C15H17N3OS/c1-10-13(14(19)18-12-6-2-3-7-12)20-15(17-10)11-5-4-8-16-9-11/h4-5,8-9,12H,2-3,6-7H2,1H3,(H,18,19). The molecule has 1 aliphatic rings. The highest BCUT2D eigenvalue weighted by atomic mass is 32.1. The molecule has 0 unspecified atom stereocenters. The normalized spacial score (nSPS) is 15.4. The van der Waals surface area contributed by atoms with Gasteiger partial charge in [-0.1, -0.05) is 12.8 Å². The summed E-state index contributed by atoms with van der Waals surface area (Å²) in [5.41, 5.74) is 1.75. The maximum atomic E-state index is 12.3. The van der Waals surface area contributed by atoms with E-state index in [0.717, 1.165) is 34.0 Å². The SMILES string of the molecule is Cc1nc(-c2cccnc2)sc1C(=O)NC1CCCC1. The van der Waals surface area contributed by atoms with E-state index in [1.807, 2.05) is 19.1 Å². The van der Waals surface area contributed by atoms with Crippen molar-refractivity contribution in [2.45, 2.75) is 38.6 Å². The van der Waals surface area contributed by atoms with Crippen LogP contribution in [0.4, 0.5) is 0 Å². The van der Waals surface area contributed by atoms with Crippen LogP contribution in [0, 0.1) is 6.92 Å². The lowest BCUT2D eigenvalue weighted by atomic mass is 10.2. The third-order valence-corrected chi connectivity index (χ3v) is 4.81. The number of amides is 1. The lowest BCUT2D eigenvalue weighted by molar-refractivity contribution is 0.0941. The maximum Gasteiger partial charge on any atom is 0.263 e. The predicted octanol–water partition coefficient (Wildman–Crippen LogP) is 3.19. The number of aryl methyl sites for hydroxylation is 1. The Morgan fingerprint density at radius 2 is 2.20 bits per heavy atom. The number of nitrogens with one attached hydrogen (secondary N) is 1. The molecule has 0 atom stereocenters. The Morgan fingerprint density at radius 1 is 1.40 bits per heavy atom. The van der Waals surface area contributed by atoms with Gasteiger partial charge in [0.1, 0.15) is 9.88 Å². The molecule has 1 aliphatic carbocycles. The highest BCUT2D eigenvalue weighted by molar-refractivity contribution is 7.17. The van der Waals surface area contributed by atoms with Gasteiger partial charge in [-0.15, -0.1) is 11.3 Å². The highest BCUT2D eigenvalue weighted by Crippen LogP contribution is 2.28. The van der Waals surface area contributed by atoms with Crippen molar-refractivity contribution in [3.05, 3.63) is 35.1 Å². The first-order valence-electron chi connectivity index (χ1n) is 6.93. The van der Waals surface area contributed by atoms with Crippen LogP contribution in [-0.4, -0.2) is 21.9 Å². The second-order valence-electron chi connectivity index (χ2n) is 5.13. The van der Waals surface area contributed by atoms with Crippen LogP contribution in [0.2, 0.25) is 0 Å². The minimum atomic E-state index is 0.0158. The summed E-state index contributed by atoms with van der Waals surface area (Å²) in [6, 6.07) is 4.18. The summed E-state index contributed by atoms with van der Waals surface area (Å²) in [6.45, 7) is 1.89. The van der Waals surface area contributed by atoms with Gasteiger partial charge < -0.3 is 5.32 Å². The van der Waals surface area contributed by atoms with Crippen LogP contribution in [0.15, 0.2) is 24.5 Å². The van der Waals surface area contributed by atoms with Gasteiger partial charge in [-0.3, -0.25) is 9.78 Å². The molecule has 2 aromatic heterocycles. The molecule has 0 bridgehead atoms. The number of hydrogen-bond acceptors (Lipinski definition) is 4.